The van der Waals surface area contributed by atoms with Gasteiger partial charge < -0.3 is 4.74 Å². The van der Waals surface area contributed by atoms with Gasteiger partial charge in [0.25, 0.3) is 0 Å². The molecule has 1 aliphatic heterocycles. The van der Waals surface area contributed by atoms with Crippen molar-refractivity contribution in [2.24, 2.45) is 0 Å². The van der Waals surface area contributed by atoms with E-state index in [1.54, 1.807) is 6.26 Å². The third kappa shape index (κ3) is 1.13. The summed E-state index contributed by atoms with van der Waals surface area (Å²) in [5, 5.41) is 0. The van der Waals surface area contributed by atoms with Gasteiger partial charge in [-0.1, -0.05) is 0 Å². The van der Waals surface area contributed by atoms with Crippen LogP contribution in [-0.2, 0) is 4.74 Å². The summed E-state index contributed by atoms with van der Waals surface area (Å²) in [6.45, 7) is 2.72. The van der Waals surface area contributed by atoms with Crippen molar-refractivity contribution in [2.45, 2.75) is 11.7 Å². The Bertz CT molecular complexity index is 96.3. The second kappa shape index (κ2) is 1.44. The first-order valence-electron chi connectivity index (χ1n) is 2.22. The third-order valence-electron chi connectivity index (χ3n) is 0.899. The highest BCUT2D eigenvalue weighted by molar-refractivity contribution is 7.82. The van der Waals surface area contributed by atoms with Crippen LogP contribution in [0.25, 0.3) is 0 Å². The molecule has 0 bridgehead atoms. The Labute approximate surface area is 48.8 Å². The van der Waals surface area contributed by atoms with E-state index >= 15 is 0 Å². The van der Waals surface area contributed by atoms with Crippen molar-refractivity contribution < 1.29 is 4.74 Å². The molecule has 0 saturated heterocycles. The third-order valence-corrected chi connectivity index (χ3v) is 1.18. The fraction of sp³-hybridized carbons (Fsp3) is 0.600. The fourth-order valence-corrected chi connectivity index (χ4v) is 0.595. The van der Waals surface area contributed by atoms with Crippen LogP contribution in [0.1, 0.15) is 6.92 Å². The Hall–Kier alpha value is -0.110. The van der Waals surface area contributed by atoms with Gasteiger partial charge in [0.2, 0.25) is 0 Å². The molecule has 1 atom stereocenters. The molecule has 0 spiro atoms. The van der Waals surface area contributed by atoms with Crippen LogP contribution in [0, 0.1) is 0 Å². The summed E-state index contributed by atoms with van der Waals surface area (Å²) in [6, 6.07) is 0. The maximum Gasteiger partial charge on any atom is 0.105 e. The lowest BCUT2D eigenvalue weighted by atomic mass is 10.2. The van der Waals surface area contributed by atoms with Crippen LogP contribution in [0.2, 0.25) is 0 Å². The number of thiol groups is 1. The summed E-state index contributed by atoms with van der Waals surface area (Å²) >= 11 is 4.24. The molecule has 0 aromatic rings. The molecule has 2 heteroatoms. The smallest absolute Gasteiger partial charge is 0.105 e. The monoisotopic (exact) mass is 116 g/mol. The van der Waals surface area contributed by atoms with Gasteiger partial charge in [-0.2, -0.15) is 12.6 Å². The predicted molar refractivity (Wildman–Crippen MR) is 32.5 cm³/mol. The molecule has 1 rings (SSSR count). The van der Waals surface area contributed by atoms with Gasteiger partial charge in [0.15, 0.2) is 0 Å². The Kier molecular flexibility index (Phi) is 1.04. The van der Waals surface area contributed by atoms with Crippen molar-refractivity contribution in [3.63, 3.8) is 0 Å². The van der Waals surface area contributed by atoms with Gasteiger partial charge in [-0.3, -0.25) is 0 Å². The normalized spacial score (nSPS) is 38.6. The molecule has 1 unspecified atom stereocenters. The molecule has 1 aliphatic rings. The van der Waals surface area contributed by atoms with Gasteiger partial charge in [-0.25, -0.2) is 0 Å². The van der Waals surface area contributed by atoms with Crippen molar-refractivity contribution in [3.8, 4) is 0 Å². The first kappa shape index (κ1) is 5.04. The van der Waals surface area contributed by atoms with Crippen molar-refractivity contribution in [1.29, 1.82) is 0 Å². The van der Waals surface area contributed by atoms with Crippen LogP contribution >= 0.6 is 12.6 Å². The van der Waals surface area contributed by atoms with Crippen LogP contribution in [-0.4, -0.2) is 11.4 Å². The minimum absolute atomic E-state index is 0.0139. The second-order valence-corrected chi connectivity index (χ2v) is 2.99. The van der Waals surface area contributed by atoms with Gasteiger partial charge in [-0.05, 0) is 13.0 Å². The van der Waals surface area contributed by atoms with E-state index in [1.165, 1.54) is 0 Å². The summed E-state index contributed by atoms with van der Waals surface area (Å²) in [7, 11) is 0. The quantitative estimate of drug-likeness (QED) is 0.468. The van der Waals surface area contributed by atoms with Crippen molar-refractivity contribution in [1.82, 2.24) is 0 Å². The van der Waals surface area contributed by atoms with Crippen LogP contribution in [0.3, 0.4) is 0 Å². The van der Waals surface area contributed by atoms with Crippen molar-refractivity contribution in [2.75, 3.05) is 6.61 Å². The van der Waals surface area contributed by atoms with Crippen LogP contribution < -0.4 is 0 Å². The molecule has 0 radical (unpaired) electrons. The van der Waals surface area contributed by atoms with Gasteiger partial charge in [0.05, 0.1) is 11.0 Å². The van der Waals surface area contributed by atoms with Crippen LogP contribution in [0.5, 0.6) is 0 Å². The van der Waals surface area contributed by atoms with E-state index in [-0.39, 0.29) is 4.75 Å². The highest BCUT2D eigenvalue weighted by Gasteiger charge is 2.19. The molecule has 0 saturated carbocycles. The Morgan fingerprint density at radius 3 is 2.71 bits per heavy atom. The lowest BCUT2D eigenvalue weighted by Gasteiger charge is -2.08. The molecule has 0 aromatic carbocycles. The molecule has 40 valence electrons. The first-order chi connectivity index (χ1) is 3.21. The Morgan fingerprint density at radius 1 is 1.86 bits per heavy atom. The van der Waals surface area contributed by atoms with E-state index in [9.17, 15) is 0 Å². The molecule has 0 aromatic heterocycles. The molecule has 0 fully saturated rings. The average Bonchev–Trinajstić information content (AvgIpc) is 1.84. The molecular weight excluding hydrogens is 108 g/mol. The molecule has 1 nitrogen and oxygen atoms in total. The maximum atomic E-state index is 4.90. The minimum atomic E-state index is -0.0139. The van der Waals surface area contributed by atoms with Gasteiger partial charge in [0, 0.05) is 0 Å². The fourth-order valence-electron chi connectivity index (χ4n) is 0.460. The van der Waals surface area contributed by atoms with Gasteiger partial charge in [-0.15, -0.1) is 0 Å². The first-order valence-corrected chi connectivity index (χ1v) is 2.67. The summed E-state index contributed by atoms with van der Waals surface area (Å²) in [6.07, 6.45) is 3.63. The predicted octanol–water partition coefficient (Wildman–Crippen LogP) is 1.22. The van der Waals surface area contributed by atoms with E-state index < -0.39 is 0 Å². The lowest BCUT2D eigenvalue weighted by molar-refractivity contribution is 0.265. The zero-order valence-electron chi connectivity index (χ0n) is 4.22. The standard InChI is InChI=1S/C5H8OS/c1-5(7)2-3-6-4-5/h2-3,7H,4H2,1H3. The van der Waals surface area contributed by atoms with E-state index in [4.69, 9.17) is 4.74 Å². The lowest BCUT2D eigenvalue weighted by Crippen LogP contribution is -2.13. The summed E-state index contributed by atoms with van der Waals surface area (Å²) in [5.74, 6) is 0. The molecule has 0 N–H and O–H groups in total. The molecule has 0 amide bonds. The Balaban J connectivity index is 2.57. The van der Waals surface area contributed by atoms with E-state index in [2.05, 4.69) is 12.6 Å². The maximum absolute atomic E-state index is 4.90. The largest absolute Gasteiger partial charge is 0.500 e. The van der Waals surface area contributed by atoms with E-state index in [0.717, 1.165) is 0 Å². The summed E-state index contributed by atoms with van der Waals surface area (Å²) in [5.41, 5.74) is 0. The zero-order chi connectivity index (χ0) is 5.33. The topological polar surface area (TPSA) is 9.23 Å². The minimum Gasteiger partial charge on any atom is -0.500 e. The molecule has 0 aliphatic carbocycles. The SMILES string of the molecule is CC1(S)C=COC1. The second-order valence-electron chi connectivity index (χ2n) is 1.97. The number of hydrogen-bond donors (Lipinski definition) is 1. The van der Waals surface area contributed by atoms with Crippen molar-refractivity contribution >= 4 is 12.6 Å². The number of ether oxygens (including phenoxy) is 1. The van der Waals surface area contributed by atoms with E-state index in [0.29, 0.717) is 6.61 Å². The molecule has 1 heterocycles. The van der Waals surface area contributed by atoms with E-state index in [1.807, 2.05) is 13.0 Å². The van der Waals surface area contributed by atoms with Crippen LogP contribution in [0.4, 0.5) is 0 Å². The number of hydrogen-bond acceptors (Lipinski definition) is 2. The highest BCUT2D eigenvalue weighted by atomic mass is 32.1. The molecule has 7 heavy (non-hydrogen) atoms. The van der Waals surface area contributed by atoms with Crippen molar-refractivity contribution in [3.05, 3.63) is 12.3 Å². The highest BCUT2D eigenvalue weighted by Crippen LogP contribution is 2.20. The summed E-state index contributed by atoms with van der Waals surface area (Å²) < 4.78 is 4.89. The Morgan fingerprint density at radius 2 is 2.57 bits per heavy atom. The zero-order valence-corrected chi connectivity index (χ0v) is 5.11. The average molecular weight is 116 g/mol. The van der Waals surface area contributed by atoms with Gasteiger partial charge in [0.1, 0.15) is 6.61 Å². The van der Waals surface area contributed by atoms with Gasteiger partial charge >= 0.3 is 0 Å². The number of rotatable bonds is 0. The van der Waals surface area contributed by atoms with Crippen LogP contribution in [0.15, 0.2) is 12.3 Å². The molecular formula is C5H8OS. The summed E-state index contributed by atoms with van der Waals surface area (Å²) in [4.78, 5) is 0.